The Morgan fingerprint density at radius 1 is 0.720 bits per heavy atom. The summed E-state index contributed by atoms with van der Waals surface area (Å²) in [6.07, 6.45) is 0. The molecule has 0 saturated heterocycles. The fourth-order valence-electron chi connectivity index (χ4n) is 3.55. The molecule has 25 heavy (non-hydrogen) atoms. The van der Waals surface area contributed by atoms with Crippen molar-refractivity contribution >= 4 is 0 Å². The van der Waals surface area contributed by atoms with Crippen LogP contribution in [0.25, 0.3) is 0 Å². The van der Waals surface area contributed by atoms with Gasteiger partial charge in [-0.1, -0.05) is 90.1 Å². The third-order valence-corrected chi connectivity index (χ3v) is 4.64. The van der Waals surface area contributed by atoms with Crippen LogP contribution < -0.4 is 0 Å². The maximum atomic E-state index is 4.41. The van der Waals surface area contributed by atoms with E-state index in [-0.39, 0.29) is 0 Å². The van der Waals surface area contributed by atoms with E-state index >= 15 is 0 Å². The Balaban J connectivity index is 2.15. The number of H-pyrrole nitrogens is 1. The molecule has 0 fully saturated rings. The Morgan fingerprint density at radius 2 is 1.28 bits per heavy atom. The molecular formula is C21H18N4. The van der Waals surface area contributed by atoms with E-state index in [1.807, 2.05) is 36.4 Å². The van der Waals surface area contributed by atoms with Gasteiger partial charge in [0.25, 0.3) is 0 Å². The zero-order chi connectivity index (χ0) is 17.1. The van der Waals surface area contributed by atoms with Crippen molar-refractivity contribution in [1.82, 2.24) is 20.6 Å². The Morgan fingerprint density at radius 3 is 1.80 bits per heavy atom. The standard InChI is InChI=1S/C21H18N4/c1-16-10-8-9-15-19(16)21(20-22-24-25-23-20,17-11-4-2-5-12-17)18-13-6-3-7-14-18/h2-15H,1H3,(H,22,23,24,25). The maximum Gasteiger partial charge on any atom is 0.193 e. The molecule has 0 aliphatic carbocycles. The van der Waals surface area contributed by atoms with Gasteiger partial charge < -0.3 is 0 Å². The third kappa shape index (κ3) is 2.43. The van der Waals surface area contributed by atoms with Gasteiger partial charge in [0, 0.05) is 0 Å². The number of aryl methyl sites for hydroxylation is 1. The van der Waals surface area contributed by atoms with Crippen molar-refractivity contribution < 1.29 is 0 Å². The molecule has 4 aromatic rings. The Hall–Kier alpha value is -3.27. The number of rotatable bonds is 4. The molecule has 0 aliphatic rings. The van der Waals surface area contributed by atoms with Gasteiger partial charge in [0.05, 0.1) is 0 Å². The first-order chi connectivity index (χ1) is 12.3. The summed E-state index contributed by atoms with van der Waals surface area (Å²) in [5, 5.41) is 15.3. The molecular weight excluding hydrogens is 308 g/mol. The van der Waals surface area contributed by atoms with Crippen LogP contribution in [0.2, 0.25) is 0 Å². The number of hydrogen-bond donors (Lipinski definition) is 1. The summed E-state index contributed by atoms with van der Waals surface area (Å²) in [5.41, 5.74) is 3.92. The normalized spacial score (nSPS) is 11.4. The maximum absolute atomic E-state index is 4.41. The molecule has 0 unspecified atom stereocenters. The predicted molar refractivity (Wildman–Crippen MR) is 97.2 cm³/mol. The highest BCUT2D eigenvalue weighted by Crippen LogP contribution is 2.44. The topological polar surface area (TPSA) is 54.5 Å². The van der Waals surface area contributed by atoms with Crippen LogP contribution in [0.4, 0.5) is 0 Å². The Kier molecular flexibility index (Phi) is 3.86. The van der Waals surface area contributed by atoms with E-state index in [0.717, 1.165) is 16.7 Å². The van der Waals surface area contributed by atoms with Crippen LogP contribution in [-0.4, -0.2) is 20.6 Å². The lowest BCUT2D eigenvalue weighted by molar-refractivity contribution is 0.677. The van der Waals surface area contributed by atoms with Crippen LogP contribution in [0, 0.1) is 6.92 Å². The van der Waals surface area contributed by atoms with Crippen molar-refractivity contribution in [1.29, 1.82) is 0 Å². The van der Waals surface area contributed by atoms with E-state index in [1.54, 1.807) is 0 Å². The van der Waals surface area contributed by atoms with Crippen LogP contribution in [0.15, 0.2) is 84.9 Å². The van der Waals surface area contributed by atoms with E-state index in [2.05, 4.69) is 76.1 Å². The fourth-order valence-corrected chi connectivity index (χ4v) is 3.55. The first kappa shape index (κ1) is 15.3. The van der Waals surface area contributed by atoms with Gasteiger partial charge in [-0.25, -0.2) is 0 Å². The molecule has 0 spiro atoms. The van der Waals surface area contributed by atoms with Crippen molar-refractivity contribution in [3.63, 3.8) is 0 Å². The molecule has 0 saturated carbocycles. The minimum atomic E-state index is -0.624. The number of tetrazole rings is 1. The van der Waals surface area contributed by atoms with Crippen LogP contribution in [0.5, 0.6) is 0 Å². The molecule has 3 aromatic carbocycles. The summed E-state index contributed by atoms with van der Waals surface area (Å²) >= 11 is 0. The van der Waals surface area contributed by atoms with Gasteiger partial charge in [-0.2, -0.15) is 5.21 Å². The molecule has 0 atom stereocenters. The zero-order valence-electron chi connectivity index (χ0n) is 13.9. The number of benzene rings is 3. The lowest BCUT2D eigenvalue weighted by Crippen LogP contribution is -2.33. The Bertz CT molecular complexity index is 908. The fraction of sp³-hybridized carbons (Fsp3) is 0.0952. The van der Waals surface area contributed by atoms with Gasteiger partial charge in [-0.05, 0) is 29.2 Å². The van der Waals surface area contributed by atoms with E-state index in [9.17, 15) is 0 Å². The minimum absolute atomic E-state index is 0.624. The van der Waals surface area contributed by atoms with Gasteiger partial charge >= 0.3 is 0 Å². The predicted octanol–water partition coefficient (Wildman–Crippen LogP) is 3.89. The van der Waals surface area contributed by atoms with Crippen LogP contribution >= 0.6 is 0 Å². The largest absolute Gasteiger partial charge is 0.193 e. The first-order valence-electron chi connectivity index (χ1n) is 8.24. The number of aromatic nitrogens is 4. The number of nitrogens with one attached hydrogen (secondary N) is 1. The Labute approximate surface area is 146 Å². The smallest absolute Gasteiger partial charge is 0.177 e. The van der Waals surface area contributed by atoms with Crippen molar-refractivity contribution in [3.05, 3.63) is 113 Å². The molecule has 0 radical (unpaired) electrons. The second kappa shape index (κ2) is 6.32. The van der Waals surface area contributed by atoms with Gasteiger partial charge in [0.1, 0.15) is 5.41 Å². The minimum Gasteiger partial charge on any atom is -0.177 e. The highest BCUT2D eigenvalue weighted by atomic mass is 15.5. The van der Waals surface area contributed by atoms with E-state index in [1.165, 1.54) is 5.56 Å². The molecule has 0 bridgehead atoms. The van der Waals surface area contributed by atoms with E-state index in [4.69, 9.17) is 0 Å². The second-order valence-electron chi connectivity index (χ2n) is 6.03. The molecule has 0 aliphatic heterocycles. The van der Waals surface area contributed by atoms with Crippen molar-refractivity contribution in [2.75, 3.05) is 0 Å². The third-order valence-electron chi connectivity index (χ3n) is 4.64. The van der Waals surface area contributed by atoms with Crippen molar-refractivity contribution in [3.8, 4) is 0 Å². The monoisotopic (exact) mass is 326 g/mol. The quantitative estimate of drug-likeness (QED) is 0.579. The molecule has 122 valence electrons. The van der Waals surface area contributed by atoms with E-state index < -0.39 is 5.41 Å². The molecule has 4 nitrogen and oxygen atoms in total. The average Bonchev–Trinajstić information content (AvgIpc) is 3.21. The SMILES string of the molecule is Cc1ccccc1C(c1ccccc1)(c1ccccc1)c1nn[nH]n1. The number of nitrogens with zero attached hydrogens (tertiary/aromatic N) is 3. The molecule has 1 heterocycles. The molecule has 4 rings (SSSR count). The highest BCUT2D eigenvalue weighted by Gasteiger charge is 2.42. The van der Waals surface area contributed by atoms with Crippen molar-refractivity contribution in [2.24, 2.45) is 0 Å². The highest BCUT2D eigenvalue weighted by molar-refractivity contribution is 5.58. The second-order valence-corrected chi connectivity index (χ2v) is 6.03. The molecule has 1 N–H and O–H groups in total. The zero-order valence-corrected chi connectivity index (χ0v) is 13.9. The van der Waals surface area contributed by atoms with Gasteiger partial charge in [-0.15, -0.1) is 10.2 Å². The van der Waals surface area contributed by atoms with Gasteiger partial charge in [0.15, 0.2) is 5.82 Å². The van der Waals surface area contributed by atoms with Crippen LogP contribution in [-0.2, 0) is 5.41 Å². The average molecular weight is 326 g/mol. The van der Waals surface area contributed by atoms with Gasteiger partial charge in [0.2, 0.25) is 0 Å². The number of hydrogen-bond acceptors (Lipinski definition) is 3. The molecule has 4 heteroatoms. The summed E-state index contributed by atoms with van der Waals surface area (Å²) < 4.78 is 0. The summed E-state index contributed by atoms with van der Waals surface area (Å²) in [5.74, 6) is 0.638. The summed E-state index contributed by atoms with van der Waals surface area (Å²) in [4.78, 5) is 0. The van der Waals surface area contributed by atoms with Gasteiger partial charge in [-0.3, -0.25) is 0 Å². The lowest BCUT2D eigenvalue weighted by Gasteiger charge is -2.34. The lowest BCUT2D eigenvalue weighted by atomic mass is 9.67. The first-order valence-corrected chi connectivity index (χ1v) is 8.24. The molecule has 0 amide bonds. The summed E-state index contributed by atoms with van der Waals surface area (Å²) in [6.45, 7) is 2.12. The van der Waals surface area contributed by atoms with Crippen LogP contribution in [0.1, 0.15) is 28.1 Å². The van der Waals surface area contributed by atoms with E-state index in [0.29, 0.717) is 5.82 Å². The number of aromatic amines is 1. The molecule has 1 aromatic heterocycles. The summed E-state index contributed by atoms with van der Waals surface area (Å²) in [7, 11) is 0. The van der Waals surface area contributed by atoms with Crippen LogP contribution in [0.3, 0.4) is 0 Å². The summed E-state index contributed by atoms with van der Waals surface area (Å²) in [6, 6.07) is 29.1. The van der Waals surface area contributed by atoms with Crippen molar-refractivity contribution in [2.45, 2.75) is 12.3 Å².